The third-order valence-corrected chi connectivity index (χ3v) is 6.26. The quantitative estimate of drug-likeness (QED) is 0.0585. The lowest BCUT2D eigenvalue weighted by molar-refractivity contribution is -0.139. The third-order valence-electron chi connectivity index (χ3n) is 6.26. The molecule has 35 heavy (non-hydrogen) atoms. The Labute approximate surface area is 210 Å². The zero-order valence-corrected chi connectivity index (χ0v) is 21.4. The zero-order valence-electron chi connectivity index (χ0n) is 21.4. The predicted molar refractivity (Wildman–Crippen MR) is 141 cm³/mol. The van der Waals surface area contributed by atoms with E-state index in [1.807, 2.05) is 0 Å². The number of ketones is 1. The minimum atomic E-state index is -1.02. The molecule has 0 bridgehead atoms. The number of cyclic esters (lactones) is 1. The van der Waals surface area contributed by atoms with Gasteiger partial charge in [0.25, 0.3) is 0 Å². The minimum absolute atomic E-state index is 0.220. The van der Waals surface area contributed by atoms with Crippen LogP contribution in [0.1, 0.15) is 96.8 Å². The Kier molecular flexibility index (Phi) is 14.7. The maximum atomic E-state index is 13.2. The summed E-state index contributed by atoms with van der Waals surface area (Å²) in [5.41, 5.74) is 0.582. The van der Waals surface area contributed by atoms with Crippen molar-refractivity contribution in [2.75, 3.05) is 18.5 Å². The van der Waals surface area contributed by atoms with E-state index in [4.69, 9.17) is 4.74 Å². The molecule has 1 aromatic rings. The van der Waals surface area contributed by atoms with E-state index in [0.29, 0.717) is 12.2 Å². The first-order chi connectivity index (χ1) is 17.1. The number of nitrogens with zero attached hydrogens (tertiary/aromatic N) is 1. The van der Waals surface area contributed by atoms with E-state index in [0.717, 1.165) is 19.3 Å². The molecular weight excluding hydrogens is 443 g/mol. The first-order valence-corrected chi connectivity index (χ1v) is 13.5. The van der Waals surface area contributed by atoms with E-state index >= 15 is 0 Å². The average molecular weight is 487 g/mol. The summed E-state index contributed by atoms with van der Waals surface area (Å²) in [7, 11) is 0. The number of esters is 1. The molecular formula is C29H43FN2O3. The van der Waals surface area contributed by atoms with Crippen molar-refractivity contribution in [1.82, 2.24) is 0 Å². The maximum absolute atomic E-state index is 13.2. The van der Waals surface area contributed by atoms with Gasteiger partial charge < -0.3 is 10.1 Å². The van der Waals surface area contributed by atoms with Crippen molar-refractivity contribution >= 4 is 23.3 Å². The van der Waals surface area contributed by atoms with Crippen LogP contribution in [0.5, 0.6) is 0 Å². The number of carbonyl (C=O) groups excluding carboxylic acids is 2. The summed E-state index contributed by atoms with van der Waals surface area (Å²) in [6.07, 6.45) is 22.0. The van der Waals surface area contributed by atoms with Crippen molar-refractivity contribution in [3.05, 3.63) is 42.2 Å². The summed E-state index contributed by atoms with van der Waals surface area (Å²) >= 11 is 0. The van der Waals surface area contributed by atoms with Crippen LogP contribution in [0.4, 0.5) is 10.1 Å². The Morgan fingerprint density at radius 3 is 2.06 bits per heavy atom. The van der Waals surface area contributed by atoms with Crippen LogP contribution in [0.15, 0.2) is 41.4 Å². The summed E-state index contributed by atoms with van der Waals surface area (Å²) in [4.78, 5) is 28.7. The SMILES string of the molecule is CCCCCCCCC=CCCCCCCCCN=C(Nc1ccc(F)cc1)C1C(=O)COC1=O. The molecule has 194 valence electrons. The van der Waals surface area contributed by atoms with Gasteiger partial charge in [-0.05, 0) is 56.4 Å². The average Bonchev–Trinajstić information content (AvgIpc) is 3.19. The van der Waals surface area contributed by atoms with Gasteiger partial charge in [0.1, 0.15) is 11.7 Å². The second kappa shape index (κ2) is 17.9. The maximum Gasteiger partial charge on any atom is 0.324 e. The number of ether oxygens (including phenoxy) is 1. The summed E-state index contributed by atoms with van der Waals surface area (Å²) in [6.45, 7) is 2.56. The highest BCUT2D eigenvalue weighted by Gasteiger charge is 2.39. The van der Waals surface area contributed by atoms with Gasteiger partial charge in [-0.25, -0.2) is 4.39 Å². The van der Waals surface area contributed by atoms with Crippen LogP contribution in [-0.2, 0) is 14.3 Å². The number of amidine groups is 1. The number of benzene rings is 1. The molecule has 0 aliphatic carbocycles. The van der Waals surface area contributed by atoms with Crippen molar-refractivity contribution in [3.63, 3.8) is 0 Å². The largest absolute Gasteiger partial charge is 0.457 e. The summed E-state index contributed by atoms with van der Waals surface area (Å²) in [5.74, 6) is -1.96. The van der Waals surface area contributed by atoms with Crippen LogP contribution in [0.3, 0.4) is 0 Å². The van der Waals surface area contributed by atoms with Crippen molar-refractivity contribution in [3.8, 4) is 0 Å². The molecule has 1 atom stereocenters. The first kappa shape index (κ1) is 28.7. The van der Waals surface area contributed by atoms with E-state index in [9.17, 15) is 14.0 Å². The standard InChI is InChI=1S/C29H43FN2O3/c1-2-3-4-5-6-7-8-9-10-11-12-13-14-15-16-17-22-31-28(27-26(33)23-35-29(27)34)32-25-20-18-24(30)19-21-25/h9-10,18-21,27H,2-8,11-17,22-23H2,1H3,(H,31,32). The highest BCUT2D eigenvalue weighted by Crippen LogP contribution is 2.17. The first-order valence-electron chi connectivity index (χ1n) is 13.5. The van der Waals surface area contributed by atoms with E-state index in [1.54, 1.807) is 12.1 Å². The summed E-state index contributed by atoms with van der Waals surface area (Å²) < 4.78 is 18.1. The van der Waals surface area contributed by atoms with E-state index < -0.39 is 11.9 Å². The van der Waals surface area contributed by atoms with Crippen LogP contribution >= 0.6 is 0 Å². The number of carbonyl (C=O) groups is 2. The molecule has 1 heterocycles. The third kappa shape index (κ3) is 12.1. The molecule has 0 amide bonds. The summed E-state index contributed by atoms with van der Waals surface area (Å²) in [5, 5.41) is 3.02. The molecule has 1 aromatic carbocycles. The second-order valence-electron chi connectivity index (χ2n) is 9.34. The van der Waals surface area contributed by atoms with Gasteiger partial charge in [0.05, 0.1) is 0 Å². The van der Waals surface area contributed by atoms with Crippen LogP contribution in [-0.4, -0.2) is 30.7 Å². The molecule has 1 fully saturated rings. The van der Waals surface area contributed by atoms with Gasteiger partial charge in [0.2, 0.25) is 0 Å². The fraction of sp³-hybridized carbons (Fsp3) is 0.621. The van der Waals surface area contributed by atoms with E-state index in [1.165, 1.54) is 82.8 Å². The van der Waals surface area contributed by atoms with Gasteiger partial charge >= 0.3 is 5.97 Å². The molecule has 0 saturated carbocycles. The lowest BCUT2D eigenvalue weighted by atomic mass is 10.1. The molecule has 5 nitrogen and oxygen atoms in total. The van der Waals surface area contributed by atoms with Crippen LogP contribution in [0, 0.1) is 11.7 Å². The Morgan fingerprint density at radius 1 is 0.914 bits per heavy atom. The zero-order chi connectivity index (χ0) is 25.1. The number of Topliss-reactive ketones (excluding diaryl/α,β-unsaturated/α-hetero) is 1. The fourth-order valence-corrected chi connectivity index (χ4v) is 4.15. The van der Waals surface area contributed by atoms with Crippen molar-refractivity contribution in [2.24, 2.45) is 10.9 Å². The number of nitrogens with one attached hydrogen (secondary N) is 1. The number of halogens is 1. The Bertz CT molecular complexity index is 789. The monoisotopic (exact) mass is 486 g/mol. The number of hydrogen-bond acceptors (Lipinski definition) is 4. The lowest BCUT2D eigenvalue weighted by Crippen LogP contribution is -2.32. The highest BCUT2D eigenvalue weighted by atomic mass is 19.1. The molecule has 0 aromatic heterocycles. The lowest BCUT2D eigenvalue weighted by Gasteiger charge is -2.13. The van der Waals surface area contributed by atoms with Gasteiger partial charge in [0, 0.05) is 12.2 Å². The molecule has 1 unspecified atom stereocenters. The van der Waals surface area contributed by atoms with Gasteiger partial charge in [0.15, 0.2) is 18.3 Å². The Hall–Kier alpha value is -2.50. The van der Waals surface area contributed by atoms with Crippen LogP contribution in [0.2, 0.25) is 0 Å². The number of allylic oxidation sites excluding steroid dienone is 2. The van der Waals surface area contributed by atoms with Crippen molar-refractivity contribution in [2.45, 2.75) is 96.8 Å². The molecule has 0 spiro atoms. The smallest absolute Gasteiger partial charge is 0.324 e. The number of aliphatic imine (C=N–C) groups is 1. The number of anilines is 1. The molecule has 2 rings (SSSR count). The van der Waals surface area contributed by atoms with Gasteiger partial charge in [-0.2, -0.15) is 0 Å². The predicted octanol–water partition coefficient (Wildman–Crippen LogP) is 7.42. The number of hydrogen-bond donors (Lipinski definition) is 1. The van der Waals surface area contributed by atoms with Crippen LogP contribution < -0.4 is 5.32 Å². The number of unbranched alkanes of at least 4 members (excludes halogenated alkanes) is 12. The second-order valence-corrected chi connectivity index (χ2v) is 9.34. The van der Waals surface area contributed by atoms with E-state index in [-0.39, 0.29) is 24.0 Å². The topological polar surface area (TPSA) is 67.8 Å². The number of rotatable bonds is 18. The van der Waals surface area contributed by atoms with Gasteiger partial charge in [-0.3, -0.25) is 14.6 Å². The van der Waals surface area contributed by atoms with Crippen LogP contribution in [0.25, 0.3) is 0 Å². The Morgan fingerprint density at radius 2 is 1.49 bits per heavy atom. The van der Waals surface area contributed by atoms with Gasteiger partial charge in [-0.15, -0.1) is 0 Å². The van der Waals surface area contributed by atoms with Crippen molar-refractivity contribution < 1.29 is 18.7 Å². The normalized spacial score (nSPS) is 16.3. The van der Waals surface area contributed by atoms with E-state index in [2.05, 4.69) is 29.4 Å². The Balaban J connectivity index is 1.58. The molecule has 1 aliphatic heterocycles. The van der Waals surface area contributed by atoms with Crippen molar-refractivity contribution in [1.29, 1.82) is 0 Å². The molecule has 1 saturated heterocycles. The molecule has 1 N–H and O–H groups in total. The minimum Gasteiger partial charge on any atom is -0.457 e. The highest BCUT2D eigenvalue weighted by molar-refractivity contribution is 6.24. The summed E-state index contributed by atoms with van der Waals surface area (Å²) in [6, 6.07) is 5.75. The molecule has 1 aliphatic rings. The molecule has 6 heteroatoms. The fourth-order valence-electron chi connectivity index (χ4n) is 4.15. The molecule has 0 radical (unpaired) electrons. The van der Waals surface area contributed by atoms with Gasteiger partial charge in [-0.1, -0.05) is 76.9 Å².